The Balaban J connectivity index is 2.27. The van der Waals surface area contributed by atoms with Crippen LogP contribution >= 0.6 is 15.9 Å². The lowest BCUT2D eigenvalue weighted by molar-refractivity contribution is -0.121. The Labute approximate surface area is 100 Å². The summed E-state index contributed by atoms with van der Waals surface area (Å²) in [5.74, 6) is 0.133. The summed E-state index contributed by atoms with van der Waals surface area (Å²) in [4.78, 5) is 15.9. The lowest BCUT2D eigenvalue weighted by atomic mass is 10.2. The fourth-order valence-corrected chi connectivity index (χ4v) is 2.09. The Hall–Kier alpha value is -0.130. The van der Waals surface area contributed by atoms with Crippen molar-refractivity contribution in [1.29, 1.82) is 0 Å². The van der Waals surface area contributed by atoms with E-state index in [4.69, 9.17) is 0 Å². The van der Waals surface area contributed by atoms with Gasteiger partial charge in [0, 0.05) is 44.0 Å². The number of hydrogen-bond donors (Lipinski definition) is 1. The van der Waals surface area contributed by atoms with Crippen molar-refractivity contribution >= 4 is 21.8 Å². The molecule has 1 N–H and O–H groups in total. The van der Waals surface area contributed by atoms with E-state index in [0.29, 0.717) is 12.5 Å². The zero-order valence-electron chi connectivity index (χ0n) is 9.50. The van der Waals surface area contributed by atoms with Crippen molar-refractivity contribution in [3.8, 4) is 0 Å². The van der Waals surface area contributed by atoms with Gasteiger partial charge in [-0.3, -0.25) is 9.69 Å². The molecular formula is C10H20BrN3O. The first-order valence-electron chi connectivity index (χ1n) is 5.35. The van der Waals surface area contributed by atoms with Crippen molar-refractivity contribution in [2.75, 3.05) is 45.6 Å². The fourth-order valence-electron chi connectivity index (χ4n) is 1.73. The largest absolute Gasteiger partial charge is 0.354 e. The number of hydrogen-bond acceptors (Lipinski definition) is 3. The molecule has 4 nitrogen and oxygen atoms in total. The van der Waals surface area contributed by atoms with E-state index in [0.717, 1.165) is 31.5 Å². The van der Waals surface area contributed by atoms with Gasteiger partial charge in [-0.25, -0.2) is 0 Å². The summed E-state index contributed by atoms with van der Waals surface area (Å²) in [7, 11) is 4.24. The minimum Gasteiger partial charge on any atom is -0.354 e. The molecule has 15 heavy (non-hydrogen) atoms. The number of rotatable bonds is 4. The molecule has 1 atom stereocenters. The molecule has 0 bridgehead atoms. The molecule has 0 radical (unpaired) electrons. The number of nitrogens with zero attached hydrogens (tertiary/aromatic N) is 2. The summed E-state index contributed by atoms with van der Waals surface area (Å²) < 4.78 is 0. The number of nitrogens with one attached hydrogen (secondary N) is 1. The molecule has 5 heteroatoms. The zero-order valence-corrected chi connectivity index (χ0v) is 11.1. The molecule has 1 unspecified atom stereocenters. The SMILES string of the molecule is CN1CCN(C)C(CNC(=O)CCBr)C1. The first-order chi connectivity index (χ1) is 7.13. The van der Waals surface area contributed by atoms with Gasteiger partial charge >= 0.3 is 0 Å². The van der Waals surface area contributed by atoms with Gasteiger partial charge in [0.15, 0.2) is 0 Å². The number of halogens is 1. The lowest BCUT2D eigenvalue weighted by Gasteiger charge is -2.37. The van der Waals surface area contributed by atoms with Gasteiger partial charge in [-0.15, -0.1) is 0 Å². The molecule has 0 aromatic rings. The van der Waals surface area contributed by atoms with Crippen LogP contribution in [-0.2, 0) is 4.79 Å². The molecule has 1 amide bonds. The first kappa shape index (κ1) is 12.9. The molecule has 0 saturated carbocycles. The molecule has 1 rings (SSSR count). The van der Waals surface area contributed by atoms with E-state index in [-0.39, 0.29) is 5.91 Å². The quantitative estimate of drug-likeness (QED) is 0.743. The number of amides is 1. The average Bonchev–Trinajstić information content (AvgIpc) is 2.20. The third-order valence-electron chi connectivity index (χ3n) is 2.84. The standard InChI is InChI=1S/C10H20BrN3O/c1-13-5-6-14(2)9(8-13)7-12-10(15)3-4-11/h9H,3-8H2,1-2H3,(H,12,15). The van der Waals surface area contributed by atoms with Crippen molar-refractivity contribution in [3.05, 3.63) is 0 Å². The Morgan fingerprint density at radius 2 is 2.20 bits per heavy atom. The molecule has 88 valence electrons. The van der Waals surface area contributed by atoms with Crippen molar-refractivity contribution in [1.82, 2.24) is 15.1 Å². The molecule has 1 aliphatic rings. The first-order valence-corrected chi connectivity index (χ1v) is 6.47. The Morgan fingerprint density at radius 1 is 1.47 bits per heavy atom. The van der Waals surface area contributed by atoms with Crippen LogP contribution in [0.15, 0.2) is 0 Å². The molecule has 0 spiro atoms. The summed E-state index contributed by atoms with van der Waals surface area (Å²) in [5, 5.41) is 3.70. The average molecular weight is 278 g/mol. The van der Waals surface area contributed by atoms with Gasteiger partial charge in [0.2, 0.25) is 5.91 Å². The highest BCUT2D eigenvalue weighted by atomic mass is 79.9. The summed E-state index contributed by atoms with van der Waals surface area (Å²) in [5.41, 5.74) is 0. The predicted octanol–water partition coefficient (Wildman–Crippen LogP) is 0.133. The maximum absolute atomic E-state index is 11.3. The second-order valence-electron chi connectivity index (χ2n) is 4.14. The van der Waals surface area contributed by atoms with Crippen LogP contribution in [0.4, 0.5) is 0 Å². The van der Waals surface area contributed by atoms with Crippen LogP contribution in [0.2, 0.25) is 0 Å². The summed E-state index contributed by atoms with van der Waals surface area (Å²) in [6.07, 6.45) is 0.562. The maximum Gasteiger partial charge on any atom is 0.220 e. The number of piperazine rings is 1. The molecule has 1 aliphatic heterocycles. The maximum atomic E-state index is 11.3. The number of carbonyl (C=O) groups excluding carboxylic acids is 1. The fraction of sp³-hybridized carbons (Fsp3) is 0.900. The highest BCUT2D eigenvalue weighted by Gasteiger charge is 2.22. The highest BCUT2D eigenvalue weighted by molar-refractivity contribution is 9.09. The van der Waals surface area contributed by atoms with Gasteiger partial charge < -0.3 is 10.2 Å². The minimum atomic E-state index is 0.133. The third kappa shape index (κ3) is 4.49. The lowest BCUT2D eigenvalue weighted by Crippen LogP contribution is -2.54. The van der Waals surface area contributed by atoms with Crippen LogP contribution in [0.1, 0.15) is 6.42 Å². The van der Waals surface area contributed by atoms with Crippen molar-refractivity contribution in [2.24, 2.45) is 0 Å². The van der Waals surface area contributed by atoms with Gasteiger partial charge in [-0.05, 0) is 14.1 Å². The summed E-state index contributed by atoms with van der Waals surface area (Å²) >= 11 is 3.26. The number of carbonyl (C=O) groups is 1. The monoisotopic (exact) mass is 277 g/mol. The minimum absolute atomic E-state index is 0.133. The van der Waals surface area contributed by atoms with Crippen LogP contribution in [-0.4, -0.2) is 67.4 Å². The number of alkyl halides is 1. The smallest absolute Gasteiger partial charge is 0.220 e. The van der Waals surface area contributed by atoms with Gasteiger partial charge in [0.05, 0.1) is 0 Å². The van der Waals surface area contributed by atoms with Crippen LogP contribution in [0.3, 0.4) is 0 Å². The number of likely N-dealkylation sites (N-methyl/N-ethyl adjacent to an activating group) is 2. The van der Waals surface area contributed by atoms with Gasteiger partial charge in [-0.1, -0.05) is 15.9 Å². The Morgan fingerprint density at radius 3 is 2.87 bits per heavy atom. The van der Waals surface area contributed by atoms with Gasteiger partial charge in [0.1, 0.15) is 0 Å². The highest BCUT2D eigenvalue weighted by Crippen LogP contribution is 2.04. The molecule has 0 aromatic heterocycles. The normalized spacial score (nSPS) is 24.1. The van der Waals surface area contributed by atoms with E-state index in [1.807, 2.05) is 0 Å². The van der Waals surface area contributed by atoms with E-state index in [2.05, 4.69) is 45.1 Å². The van der Waals surface area contributed by atoms with E-state index >= 15 is 0 Å². The van der Waals surface area contributed by atoms with Crippen molar-refractivity contribution in [2.45, 2.75) is 12.5 Å². The van der Waals surface area contributed by atoms with Gasteiger partial charge in [0.25, 0.3) is 0 Å². The Kier molecular flexibility index (Phi) is 5.56. The topological polar surface area (TPSA) is 35.6 Å². The second-order valence-corrected chi connectivity index (χ2v) is 4.93. The van der Waals surface area contributed by atoms with Crippen LogP contribution < -0.4 is 5.32 Å². The second kappa shape index (κ2) is 6.45. The summed E-state index contributed by atoms with van der Waals surface area (Å²) in [6.45, 7) is 3.98. The predicted molar refractivity (Wildman–Crippen MR) is 65.3 cm³/mol. The van der Waals surface area contributed by atoms with E-state index in [1.54, 1.807) is 0 Å². The van der Waals surface area contributed by atoms with Gasteiger partial charge in [-0.2, -0.15) is 0 Å². The Bertz CT molecular complexity index is 213. The molecular weight excluding hydrogens is 258 g/mol. The van der Waals surface area contributed by atoms with E-state index in [1.165, 1.54) is 0 Å². The van der Waals surface area contributed by atoms with Crippen LogP contribution in [0, 0.1) is 0 Å². The molecule has 0 aromatic carbocycles. The van der Waals surface area contributed by atoms with Crippen molar-refractivity contribution < 1.29 is 4.79 Å². The molecule has 1 fully saturated rings. The molecule has 0 aliphatic carbocycles. The zero-order chi connectivity index (χ0) is 11.3. The van der Waals surface area contributed by atoms with E-state index < -0.39 is 0 Å². The molecule has 1 saturated heterocycles. The van der Waals surface area contributed by atoms with Crippen molar-refractivity contribution in [3.63, 3.8) is 0 Å². The van der Waals surface area contributed by atoms with E-state index in [9.17, 15) is 4.79 Å². The summed E-state index contributed by atoms with van der Waals surface area (Å²) in [6, 6.07) is 0.447. The van der Waals surface area contributed by atoms with Crippen LogP contribution in [0.25, 0.3) is 0 Å². The third-order valence-corrected chi connectivity index (χ3v) is 3.23. The van der Waals surface area contributed by atoms with Crippen LogP contribution in [0.5, 0.6) is 0 Å². The molecule has 1 heterocycles.